The van der Waals surface area contributed by atoms with Crippen LogP contribution in [-0.4, -0.2) is 98.9 Å². The van der Waals surface area contributed by atoms with Gasteiger partial charge in [-0.25, -0.2) is 0 Å². The van der Waals surface area contributed by atoms with E-state index in [2.05, 4.69) is 48.0 Å². The summed E-state index contributed by atoms with van der Waals surface area (Å²) >= 11 is 0. The SMILES string of the molecule is CCCCCCCC/C=C\CCCCCCCCOc1ccc(CC(=O)OCCC2CCN(CCSSCCN3CCC(CCOC(=O)Cc4ccc(OCCCCCCCC/C=C\CCCCCCCC)cc4)CC3)CC2)cc1. The predicted molar refractivity (Wildman–Crippen MR) is 345 cm³/mol. The van der Waals surface area contributed by atoms with Crippen LogP contribution in [0.2, 0.25) is 0 Å². The molecule has 0 aliphatic carbocycles. The normalized spacial score (nSPS) is 14.9. The van der Waals surface area contributed by atoms with E-state index >= 15 is 0 Å². The van der Waals surface area contributed by atoms with Crippen molar-refractivity contribution in [1.82, 2.24) is 9.80 Å². The van der Waals surface area contributed by atoms with Crippen molar-refractivity contribution in [2.75, 3.05) is 77.2 Å². The molecule has 2 fully saturated rings. The number of hydrogen-bond donors (Lipinski definition) is 0. The van der Waals surface area contributed by atoms with Crippen molar-refractivity contribution in [3.05, 3.63) is 84.0 Å². The Morgan fingerprint density at radius 1 is 0.425 bits per heavy atom. The number of nitrogens with zero attached hydrogens (tertiary/aromatic N) is 2. The molecule has 0 bridgehead atoms. The molecule has 2 heterocycles. The predicted octanol–water partition coefficient (Wildman–Crippen LogP) is 19.0. The van der Waals surface area contributed by atoms with Gasteiger partial charge in [-0.15, -0.1) is 0 Å². The molecule has 0 spiro atoms. The van der Waals surface area contributed by atoms with Gasteiger partial charge in [0.25, 0.3) is 0 Å². The van der Waals surface area contributed by atoms with E-state index in [4.69, 9.17) is 18.9 Å². The van der Waals surface area contributed by atoms with Crippen LogP contribution in [0.4, 0.5) is 0 Å². The highest BCUT2D eigenvalue weighted by atomic mass is 33.1. The second-order valence-corrected chi connectivity index (χ2v) is 26.1. The fourth-order valence-electron chi connectivity index (χ4n) is 11.0. The fourth-order valence-corrected chi connectivity index (χ4v) is 13.1. The first kappa shape index (κ1) is 69.6. The van der Waals surface area contributed by atoms with Crippen LogP contribution in [0.25, 0.3) is 0 Å². The van der Waals surface area contributed by atoms with Crippen LogP contribution in [0.3, 0.4) is 0 Å². The highest BCUT2D eigenvalue weighted by Crippen LogP contribution is 2.27. The number of ether oxygens (including phenoxy) is 4. The Hall–Kier alpha value is -2.92. The van der Waals surface area contributed by atoms with E-state index in [0.29, 0.717) is 37.9 Å². The number of allylic oxidation sites excluding steroid dienone is 4. The molecule has 0 atom stereocenters. The smallest absolute Gasteiger partial charge is 0.310 e. The Morgan fingerprint density at radius 2 is 0.738 bits per heavy atom. The van der Waals surface area contributed by atoms with Gasteiger partial charge in [-0.05, 0) is 176 Å². The number of carbonyl (C=O) groups is 2. The standard InChI is InChI=1S/C70H116N2O6S2/c1-3-5-7-9-11-13-15-17-19-21-23-25-27-29-31-33-55-75-67-39-35-65(36-40-67)61-69(73)77-57-47-63-43-49-71(50-44-63)53-59-79-80-60-54-72-51-45-64(46-52-72)48-58-78-70(74)62-66-37-41-68(42-38-66)76-56-34-32-30-28-26-24-22-20-18-16-14-12-10-8-6-4-2/h17-20,35-42,63-64H,3-16,21-34,43-62H2,1-2H3/b19-17-,20-18-. The number of rotatable bonds is 51. The zero-order valence-corrected chi connectivity index (χ0v) is 52.8. The molecule has 0 aromatic heterocycles. The van der Waals surface area contributed by atoms with Crippen LogP contribution in [-0.2, 0) is 31.9 Å². The maximum atomic E-state index is 12.6. The number of piperidine rings is 2. The van der Waals surface area contributed by atoms with Crippen molar-refractivity contribution in [2.45, 2.75) is 245 Å². The summed E-state index contributed by atoms with van der Waals surface area (Å²) in [5, 5.41) is 0. The lowest BCUT2D eigenvalue weighted by atomic mass is 9.94. The Balaban J connectivity index is 0.864. The van der Waals surface area contributed by atoms with E-state index in [1.807, 2.05) is 70.1 Å². The molecule has 80 heavy (non-hydrogen) atoms. The molecular weight excluding hydrogens is 1030 g/mol. The number of esters is 2. The lowest BCUT2D eigenvalue weighted by molar-refractivity contribution is -0.144. The molecule has 0 radical (unpaired) electrons. The highest BCUT2D eigenvalue weighted by Gasteiger charge is 2.21. The minimum absolute atomic E-state index is 0.136. The monoisotopic (exact) mass is 1140 g/mol. The van der Waals surface area contributed by atoms with Gasteiger partial charge >= 0.3 is 11.9 Å². The van der Waals surface area contributed by atoms with E-state index in [0.717, 1.165) is 112 Å². The average Bonchev–Trinajstić information content (AvgIpc) is 3.47. The minimum atomic E-state index is -0.136. The van der Waals surface area contributed by atoms with Crippen LogP contribution in [0.1, 0.15) is 243 Å². The lowest BCUT2D eigenvalue weighted by Crippen LogP contribution is -2.36. The van der Waals surface area contributed by atoms with Gasteiger partial charge in [-0.3, -0.25) is 9.59 Å². The van der Waals surface area contributed by atoms with E-state index in [-0.39, 0.29) is 11.9 Å². The molecule has 2 aliphatic rings. The average molecular weight is 1150 g/mol. The first-order chi connectivity index (χ1) is 39.5. The Bertz CT molecular complexity index is 1680. The van der Waals surface area contributed by atoms with Crippen LogP contribution >= 0.6 is 21.6 Å². The van der Waals surface area contributed by atoms with Gasteiger partial charge in [0.1, 0.15) is 11.5 Å². The number of benzene rings is 2. The van der Waals surface area contributed by atoms with Crippen molar-refractivity contribution in [1.29, 1.82) is 0 Å². The molecular formula is C70H116N2O6S2. The third-order valence-electron chi connectivity index (χ3n) is 16.5. The Kier molecular flexibility index (Phi) is 43.0. The van der Waals surface area contributed by atoms with E-state index in [1.165, 1.54) is 193 Å². The second-order valence-electron chi connectivity index (χ2n) is 23.4. The van der Waals surface area contributed by atoms with Gasteiger partial charge in [-0.1, -0.05) is 200 Å². The van der Waals surface area contributed by atoms with Crippen molar-refractivity contribution in [3.63, 3.8) is 0 Å². The van der Waals surface area contributed by atoms with Crippen LogP contribution in [0, 0.1) is 11.8 Å². The van der Waals surface area contributed by atoms with Gasteiger partial charge in [-0.2, -0.15) is 0 Å². The Labute approximate surface area is 498 Å². The molecule has 2 aromatic carbocycles. The number of likely N-dealkylation sites (tertiary alicyclic amines) is 2. The zero-order chi connectivity index (χ0) is 56.4. The van der Waals surface area contributed by atoms with Crippen molar-refractivity contribution in [2.24, 2.45) is 11.8 Å². The molecule has 0 N–H and O–H groups in total. The Morgan fingerprint density at radius 3 is 1.07 bits per heavy atom. The quantitative estimate of drug-likeness (QED) is 0.0277. The van der Waals surface area contributed by atoms with Crippen molar-refractivity contribution < 1.29 is 28.5 Å². The molecule has 0 unspecified atom stereocenters. The summed E-state index contributed by atoms with van der Waals surface area (Å²) in [5.41, 5.74) is 1.96. The number of carbonyl (C=O) groups excluding carboxylic acids is 2. The largest absolute Gasteiger partial charge is 0.494 e. The van der Waals surface area contributed by atoms with Crippen LogP contribution in [0.5, 0.6) is 11.5 Å². The first-order valence-electron chi connectivity index (χ1n) is 33.2. The van der Waals surface area contributed by atoms with Gasteiger partial charge in [0.2, 0.25) is 0 Å². The van der Waals surface area contributed by atoms with Crippen LogP contribution < -0.4 is 9.47 Å². The second kappa shape index (κ2) is 49.5. The van der Waals surface area contributed by atoms with Gasteiger partial charge in [0, 0.05) is 24.6 Å². The third kappa shape index (κ3) is 38.0. The highest BCUT2D eigenvalue weighted by molar-refractivity contribution is 8.76. The molecule has 454 valence electrons. The van der Waals surface area contributed by atoms with E-state index in [1.54, 1.807) is 0 Å². The molecule has 0 amide bonds. The van der Waals surface area contributed by atoms with E-state index in [9.17, 15) is 9.59 Å². The lowest BCUT2D eigenvalue weighted by Gasteiger charge is -2.32. The topological polar surface area (TPSA) is 77.5 Å². The fraction of sp³-hybridized carbons (Fsp3) is 0.743. The molecule has 8 nitrogen and oxygen atoms in total. The summed E-state index contributed by atoms with van der Waals surface area (Å²) in [7, 11) is 4.04. The summed E-state index contributed by atoms with van der Waals surface area (Å²) in [4.78, 5) is 30.5. The summed E-state index contributed by atoms with van der Waals surface area (Å²) in [6.45, 7) is 14.0. The number of unbranched alkanes of at least 4 members (excludes halogenated alkanes) is 24. The van der Waals surface area contributed by atoms with Crippen molar-refractivity contribution in [3.8, 4) is 11.5 Å². The summed E-state index contributed by atoms with van der Waals surface area (Å²) < 4.78 is 23.3. The molecule has 0 saturated carbocycles. The van der Waals surface area contributed by atoms with Gasteiger partial charge < -0.3 is 28.7 Å². The number of hydrogen-bond acceptors (Lipinski definition) is 10. The molecule has 2 aliphatic heterocycles. The molecule has 4 rings (SSSR count). The van der Waals surface area contributed by atoms with Crippen LogP contribution in [0.15, 0.2) is 72.8 Å². The third-order valence-corrected chi connectivity index (χ3v) is 18.8. The first-order valence-corrected chi connectivity index (χ1v) is 35.7. The maximum absolute atomic E-state index is 12.6. The van der Waals surface area contributed by atoms with E-state index < -0.39 is 0 Å². The van der Waals surface area contributed by atoms with Gasteiger partial charge in [0.05, 0.1) is 39.3 Å². The molecule has 2 aromatic rings. The minimum Gasteiger partial charge on any atom is -0.494 e. The molecule has 10 heteroatoms. The zero-order valence-electron chi connectivity index (χ0n) is 51.2. The molecule has 2 saturated heterocycles. The maximum Gasteiger partial charge on any atom is 0.310 e. The van der Waals surface area contributed by atoms with Gasteiger partial charge in [0.15, 0.2) is 0 Å². The summed E-state index contributed by atoms with van der Waals surface area (Å²) in [6, 6.07) is 15.9. The summed E-state index contributed by atoms with van der Waals surface area (Å²) in [6.07, 6.45) is 53.5. The van der Waals surface area contributed by atoms with Crippen molar-refractivity contribution >= 4 is 33.5 Å². The summed E-state index contributed by atoms with van der Waals surface area (Å²) in [5.74, 6) is 5.09.